The van der Waals surface area contributed by atoms with Crippen LogP contribution < -0.4 is 10.6 Å². The van der Waals surface area contributed by atoms with Crippen LogP contribution in [0.15, 0.2) is 22.5 Å². The molecule has 0 unspecified atom stereocenters. The first kappa shape index (κ1) is 17.1. The van der Waals surface area contributed by atoms with Gasteiger partial charge in [-0.2, -0.15) is 0 Å². The monoisotopic (exact) mass is 419 g/mol. The van der Waals surface area contributed by atoms with E-state index < -0.39 is 0 Å². The van der Waals surface area contributed by atoms with Crippen LogP contribution in [0.1, 0.15) is 30.6 Å². The van der Waals surface area contributed by atoms with E-state index in [9.17, 15) is 0 Å². The molecule has 118 valence electrons. The van der Waals surface area contributed by atoms with Crippen molar-refractivity contribution in [3.63, 3.8) is 0 Å². The van der Waals surface area contributed by atoms with Crippen LogP contribution in [0, 0.1) is 17.8 Å². The molecule has 5 heteroatoms. The molecule has 0 aromatic carbocycles. The number of halogens is 1. The summed E-state index contributed by atoms with van der Waals surface area (Å²) >= 11 is 1.82. The van der Waals surface area contributed by atoms with Crippen LogP contribution in [-0.2, 0) is 6.42 Å². The van der Waals surface area contributed by atoms with Crippen LogP contribution >= 0.6 is 35.3 Å². The first-order valence-electron chi connectivity index (χ1n) is 7.83. The first-order valence-corrected chi connectivity index (χ1v) is 8.71. The zero-order valence-corrected chi connectivity index (χ0v) is 15.8. The topological polar surface area (TPSA) is 36.4 Å². The van der Waals surface area contributed by atoms with E-state index in [2.05, 4.69) is 33.1 Å². The standard InChI is InChI=1S/C16H25N3S.HI/c1-17-16(18-9-8-14-3-2-10-20-14)19-11-15(12-4-5-12)13-6-7-13;/h2-3,10,12-13,15H,4-9,11H2,1H3,(H2,17,18,19);1H. The number of nitrogens with zero attached hydrogens (tertiary/aromatic N) is 1. The molecule has 2 aliphatic carbocycles. The van der Waals surface area contributed by atoms with Crippen molar-refractivity contribution in [3.8, 4) is 0 Å². The second-order valence-corrected chi connectivity index (χ2v) is 7.08. The molecule has 1 aromatic rings. The minimum atomic E-state index is 0. The summed E-state index contributed by atoms with van der Waals surface area (Å²) in [6.07, 6.45) is 6.88. The van der Waals surface area contributed by atoms with Gasteiger partial charge in [-0.25, -0.2) is 0 Å². The molecule has 1 aromatic heterocycles. The Balaban J connectivity index is 0.00000161. The number of hydrogen-bond donors (Lipinski definition) is 2. The highest BCUT2D eigenvalue weighted by molar-refractivity contribution is 14.0. The Labute approximate surface area is 149 Å². The minimum absolute atomic E-state index is 0. The van der Waals surface area contributed by atoms with Crippen molar-refractivity contribution in [2.75, 3.05) is 20.1 Å². The van der Waals surface area contributed by atoms with Gasteiger partial charge in [0.15, 0.2) is 5.96 Å². The number of aliphatic imine (C=N–C) groups is 1. The van der Waals surface area contributed by atoms with E-state index in [0.717, 1.165) is 43.2 Å². The number of guanidine groups is 1. The summed E-state index contributed by atoms with van der Waals surface area (Å²) in [4.78, 5) is 5.77. The summed E-state index contributed by atoms with van der Waals surface area (Å²) in [6, 6.07) is 4.31. The number of thiophene rings is 1. The highest BCUT2D eigenvalue weighted by Crippen LogP contribution is 2.48. The van der Waals surface area contributed by atoms with Crippen LogP contribution in [-0.4, -0.2) is 26.1 Å². The van der Waals surface area contributed by atoms with Gasteiger partial charge in [0.1, 0.15) is 0 Å². The van der Waals surface area contributed by atoms with Crippen LogP contribution in [0.5, 0.6) is 0 Å². The van der Waals surface area contributed by atoms with Gasteiger partial charge in [-0.15, -0.1) is 35.3 Å². The summed E-state index contributed by atoms with van der Waals surface area (Å²) in [5.41, 5.74) is 0. The molecule has 0 spiro atoms. The van der Waals surface area contributed by atoms with Crippen LogP contribution in [0.4, 0.5) is 0 Å². The Morgan fingerprint density at radius 1 is 1.29 bits per heavy atom. The Bertz CT molecular complexity index is 426. The highest BCUT2D eigenvalue weighted by Gasteiger charge is 2.41. The average molecular weight is 419 g/mol. The van der Waals surface area contributed by atoms with Crippen molar-refractivity contribution < 1.29 is 0 Å². The zero-order chi connectivity index (χ0) is 13.8. The van der Waals surface area contributed by atoms with E-state index in [1.54, 1.807) is 0 Å². The third-order valence-electron chi connectivity index (χ3n) is 4.43. The molecule has 0 amide bonds. The van der Waals surface area contributed by atoms with Gasteiger partial charge in [0, 0.05) is 25.0 Å². The van der Waals surface area contributed by atoms with Gasteiger partial charge in [-0.3, -0.25) is 4.99 Å². The molecule has 1 heterocycles. The molecule has 0 saturated heterocycles. The van der Waals surface area contributed by atoms with E-state index in [-0.39, 0.29) is 24.0 Å². The Hall–Kier alpha value is -0.300. The molecule has 0 bridgehead atoms. The zero-order valence-electron chi connectivity index (χ0n) is 12.7. The van der Waals surface area contributed by atoms with Crippen LogP contribution in [0.25, 0.3) is 0 Å². The van der Waals surface area contributed by atoms with Gasteiger partial charge < -0.3 is 10.6 Å². The van der Waals surface area contributed by atoms with Crippen molar-refractivity contribution in [2.45, 2.75) is 32.1 Å². The lowest BCUT2D eigenvalue weighted by molar-refractivity contribution is 0.400. The predicted octanol–water partition coefficient (Wildman–Crippen LogP) is 3.51. The normalized spacial score (nSPS) is 18.5. The molecule has 3 nitrogen and oxygen atoms in total. The van der Waals surface area contributed by atoms with Gasteiger partial charge >= 0.3 is 0 Å². The van der Waals surface area contributed by atoms with E-state index >= 15 is 0 Å². The van der Waals surface area contributed by atoms with Crippen molar-refractivity contribution >= 4 is 41.3 Å². The molecule has 2 aliphatic rings. The molecule has 2 saturated carbocycles. The molecule has 0 aliphatic heterocycles. The minimum Gasteiger partial charge on any atom is -0.356 e. The molecule has 2 fully saturated rings. The quantitative estimate of drug-likeness (QED) is 0.403. The number of hydrogen-bond acceptors (Lipinski definition) is 2. The lowest BCUT2D eigenvalue weighted by Crippen LogP contribution is -2.41. The summed E-state index contributed by atoms with van der Waals surface area (Å²) in [6.45, 7) is 2.06. The predicted molar refractivity (Wildman–Crippen MR) is 102 cm³/mol. The maximum absolute atomic E-state index is 4.34. The van der Waals surface area contributed by atoms with Crippen LogP contribution in [0.3, 0.4) is 0 Å². The van der Waals surface area contributed by atoms with Gasteiger partial charge in [-0.05, 0) is 61.3 Å². The maximum atomic E-state index is 4.34. The largest absolute Gasteiger partial charge is 0.356 e. The second-order valence-electron chi connectivity index (χ2n) is 6.05. The third kappa shape index (κ3) is 5.43. The van der Waals surface area contributed by atoms with Crippen LogP contribution in [0.2, 0.25) is 0 Å². The fraction of sp³-hybridized carbons (Fsp3) is 0.688. The molecule has 2 N–H and O–H groups in total. The summed E-state index contributed by atoms with van der Waals surface area (Å²) in [5.74, 6) is 3.86. The van der Waals surface area contributed by atoms with Crippen molar-refractivity contribution in [1.29, 1.82) is 0 Å². The molecule has 0 radical (unpaired) electrons. The smallest absolute Gasteiger partial charge is 0.190 e. The fourth-order valence-corrected chi connectivity index (χ4v) is 3.67. The van der Waals surface area contributed by atoms with E-state index in [4.69, 9.17) is 0 Å². The lowest BCUT2D eigenvalue weighted by Gasteiger charge is -2.18. The van der Waals surface area contributed by atoms with Gasteiger partial charge in [0.25, 0.3) is 0 Å². The Kier molecular flexibility index (Phi) is 6.79. The summed E-state index contributed by atoms with van der Waals surface area (Å²) in [5, 5.41) is 9.10. The summed E-state index contributed by atoms with van der Waals surface area (Å²) in [7, 11) is 1.86. The van der Waals surface area contributed by atoms with Gasteiger partial charge in [0.05, 0.1) is 0 Å². The third-order valence-corrected chi connectivity index (χ3v) is 5.36. The van der Waals surface area contributed by atoms with Crippen molar-refractivity contribution in [3.05, 3.63) is 22.4 Å². The molecule has 21 heavy (non-hydrogen) atoms. The Morgan fingerprint density at radius 2 is 2.00 bits per heavy atom. The first-order chi connectivity index (χ1) is 9.86. The molecule has 0 atom stereocenters. The SMILES string of the molecule is CN=C(NCCc1cccs1)NCC(C1CC1)C1CC1.I. The average Bonchev–Trinajstić information content (AvgIpc) is 3.39. The summed E-state index contributed by atoms with van der Waals surface area (Å²) < 4.78 is 0. The lowest BCUT2D eigenvalue weighted by atomic mass is 9.98. The number of nitrogens with one attached hydrogen (secondary N) is 2. The van der Waals surface area contributed by atoms with Gasteiger partial charge in [-0.1, -0.05) is 6.07 Å². The fourth-order valence-electron chi connectivity index (χ4n) is 2.96. The Morgan fingerprint density at radius 3 is 2.52 bits per heavy atom. The van der Waals surface area contributed by atoms with E-state index in [1.807, 2.05) is 18.4 Å². The van der Waals surface area contributed by atoms with Gasteiger partial charge in [0.2, 0.25) is 0 Å². The van der Waals surface area contributed by atoms with E-state index in [0.29, 0.717) is 0 Å². The molecular formula is C16H26IN3S. The number of rotatable bonds is 7. The maximum Gasteiger partial charge on any atom is 0.190 e. The van der Waals surface area contributed by atoms with Crippen molar-refractivity contribution in [1.82, 2.24) is 10.6 Å². The molecular weight excluding hydrogens is 393 g/mol. The molecule has 3 rings (SSSR count). The van der Waals surface area contributed by atoms with Crippen molar-refractivity contribution in [2.24, 2.45) is 22.7 Å². The van der Waals surface area contributed by atoms with E-state index in [1.165, 1.54) is 30.6 Å². The second kappa shape index (κ2) is 8.36. The highest BCUT2D eigenvalue weighted by atomic mass is 127.